The van der Waals surface area contributed by atoms with E-state index in [2.05, 4.69) is 20.6 Å². The first-order valence-electron chi connectivity index (χ1n) is 9.24. The number of ether oxygens (including phenoxy) is 1. The van der Waals surface area contributed by atoms with E-state index in [9.17, 15) is 9.18 Å². The minimum atomic E-state index is -0.759. The number of aliphatic imine (C=N–C) groups is 1. The minimum Gasteiger partial charge on any atom is -0.491 e. The van der Waals surface area contributed by atoms with Gasteiger partial charge in [0.25, 0.3) is 5.91 Å². The second-order valence-corrected chi connectivity index (χ2v) is 7.92. The molecule has 0 radical (unpaired) electrons. The highest BCUT2D eigenvalue weighted by Gasteiger charge is 2.32. The van der Waals surface area contributed by atoms with Crippen LogP contribution in [0, 0.1) is 5.82 Å². The lowest BCUT2D eigenvalue weighted by Gasteiger charge is -2.30. The van der Waals surface area contributed by atoms with Gasteiger partial charge in [-0.3, -0.25) is 9.79 Å². The Labute approximate surface area is 173 Å². The number of rotatable bonds is 7. The molecule has 1 aliphatic rings. The van der Waals surface area contributed by atoms with Crippen molar-refractivity contribution in [3.63, 3.8) is 0 Å². The number of halogens is 1. The Morgan fingerprint density at radius 1 is 1.38 bits per heavy atom. The molecule has 2 heterocycles. The summed E-state index contributed by atoms with van der Waals surface area (Å²) in [5.74, 6) is 0.570. The molecule has 7 nitrogen and oxygen atoms in total. The summed E-state index contributed by atoms with van der Waals surface area (Å²) in [6.07, 6.45) is 2.15. The standard InChI is InChI=1S/C20H24FN5O2S/c1-20(7-10-29-19(22)26-20)15-11-13(3-5-16(15)21)25-18(27)17-6-4-14(12-24-17)28-9-8-23-2/h3-6,11-12,23H,7-10H2,1-2H3,(H2,22,26)(H,25,27)/t20-/m0/s1. The van der Waals surface area contributed by atoms with Crippen molar-refractivity contribution in [2.75, 3.05) is 31.3 Å². The third-order valence-corrected chi connectivity index (χ3v) is 5.39. The number of thioether (sulfide) groups is 1. The number of anilines is 1. The number of carbonyl (C=O) groups excluding carboxylic acids is 1. The van der Waals surface area contributed by atoms with E-state index in [4.69, 9.17) is 10.5 Å². The van der Waals surface area contributed by atoms with Gasteiger partial charge in [-0.25, -0.2) is 9.37 Å². The number of carbonyl (C=O) groups is 1. The molecule has 2 aromatic rings. The van der Waals surface area contributed by atoms with E-state index in [0.29, 0.717) is 41.7 Å². The number of amides is 1. The number of hydrogen-bond acceptors (Lipinski definition) is 7. The summed E-state index contributed by atoms with van der Waals surface area (Å²) in [4.78, 5) is 21.1. The van der Waals surface area contributed by atoms with Gasteiger partial charge < -0.3 is 21.1 Å². The topological polar surface area (TPSA) is 102 Å². The van der Waals surface area contributed by atoms with Crippen LogP contribution in [0.4, 0.5) is 10.1 Å². The molecule has 0 unspecified atom stereocenters. The lowest BCUT2D eigenvalue weighted by molar-refractivity contribution is 0.102. The molecule has 0 spiro atoms. The summed E-state index contributed by atoms with van der Waals surface area (Å²) in [6.45, 7) is 3.06. The van der Waals surface area contributed by atoms with Crippen LogP contribution in [0.1, 0.15) is 29.4 Å². The molecule has 0 bridgehead atoms. The third-order valence-electron chi connectivity index (χ3n) is 4.59. The normalized spacial score (nSPS) is 18.8. The van der Waals surface area contributed by atoms with Crippen molar-refractivity contribution in [2.45, 2.75) is 18.9 Å². The average Bonchev–Trinajstić information content (AvgIpc) is 2.70. The molecule has 0 aliphatic carbocycles. The molecular formula is C20H24FN5O2S. The fourth-order valence-electron chi connectivity index (χ4n) is 2.96. The predicted octanol–water partition coefficient (Wildman–Crippen LogP) is 2.74. The molecule has 29 heavy (non-hydrogen) atoms. The van der Waals surface area contributed by atoms with Gasteiger partial charge in [0, 0.05) is 23.5 Å². The number of benzene rings is 1. The molecule has 0 saturated carbocycles. The highest BCUT2D eigenvalue weighted by Crippen LogP contribution is 2.37. The van der Waals surface area contributed by atoms with Crippen molar-refractivity contribution in [1.82, 2.24) is 10.3 Å². The zero-order valence-corrected chi connectivity index (χ0v) is 17.2. The molecule has 1 aliphatic heterocycles. The molecule has 1 aromatic carbocycles. The molecular weight excluding hydrogens is 393 g/mol. The van der Waals surface area contributed by atoms with Gasteiger partial charge in [0.15, 0.2) is 5.17 Å². The van der Waals surface area contributed by atoms with E-state index >= 15 is 0 Å². The summed E-state index contributed by atoms with van der Waals surface area (Å²) in [7, 11) is 1.84. The molecule has 0 saturated heterocycles. The van der Waals surface area contributed by atoms with E-state index < -0.39 is 11.4 Å². The Bertz CT molecular complexity index is 906. The molecule has 4 N–H and O–H groups in total. The van der Waals surface area contributed by atoms with E-state index in [0.717, 1.165) is 5.75 Å². The second kappa shape index (κ2) is 9.23. The highest BCUT2D eigenvalue weighted by atomic mass is 32.2. The summed E-state index contributed by atoms with van der Waals surface area (Å²) in [5.41, 5.74) is 6.19. The number of nitrogens with zero attached hydrogens (tertiary/aromatic N) is 2. The monoisotopic (exact) mass is 417 g/mol. The first kappa shape index (κ1) is 21.1. The quantitative estimate of drug-likeness (QED) is 0.599. The molecule has 9 heteroatoms. The van der Waals surface area contributed by atoms with E-state index in [1.807, 2.05) is 14.0 Å². The number of nitrogens with two attached hydrogens (primary N) is 1. The molecule has 0 fully saturated rings. The largest absolute Gasteiger partial charge is 0.491 e. The Morgan fingerprint density at radius 3 is 2.90 bits per heavy atom. The van der Waals surface area contributed by atoms with Gasteiger partial charge in [-0.05, 0) is 50.7 Å². The average molecular weight is 418 g/mol. The molecule has 3 rings (SSSR count). The van der Waals surface area contributed by atoms with E-state index in [1.54, 1.807) is 18.2 Å². The fraction of sp³-hybridized carbons (Fsp3) is 0.350. The van der Waals surface area contributed by atoms with Crippen molar-refractivity contribution in [2.24, 2.45) is 10.7 Å². The number of nitrogens with one attached hydrogen (secondary N) is 2. The molecule has 154 valence electrons. The van der Waals surface area contributed by atoms with Gasteiger partial charge >= 0.3 is 0 Å². The van der Waals surface area contributed by atoms with E-state index in [-0.39, 0.29) is 11.5 Å². The van der Waals surface area contributed by atoms with Crippen LogP contribution in [-0.4, -0.2) is 42.0 Å². The maximum atomic E-state index is 14.5. The Kier molecular flexibility index (Phi) is 6.71. The third kappa shape index (κ3) is 5.24. The molecule has 1 amide bonds. The van der Waals surface area contributed by atoms with Crippen LogP contribution in [0.2, 0.25) is 0 Å². The summed E-state index contributed by atoms with van der Waals surface area (Å²) in [5, 5.41) is 6.18. The van der Waals surface area contributed by atoms with Crippen LogP contribution in [-0.2, 0) is 5.54 Å². The van der Waals surface area contributed by atoms with Gasteiger partial charge in [0.05, 0.1) is 11.7 Å². The van der Waals surface area contributed by atoms with Crippen LogP contribution in [0.5, 0.6) is 5.75 Å². The van der Waals surface area contributed by atoms with Crippen LogP contribution >= 0.6 is 11.8 Å². The van der Waals surface area contributed by atoms with Crippen molar-refractivity contribution in [3.05, 3.63) is 53.6 Å². The number of aromatic nitrogens is 1. The number of pyridine rings is 1. The first-order valence-corrected chi connectivity index (χ1v) is 10.2. The SMILES string of the molecule is CNCCOc1ccc(C(=O)Nc2ccc(F)c([C@]3(C)CCSC(N)=N3)c2)nc1. The first-order chi connectivity index (χ1) is 13.9. The van der Waals surface area contributed by atoms with Crippen molar-refractivity contribution in [1.29, 1.82) is 0 Å². The molecule has 1 atom stereocenters. The maximum absolute atomic E-state index is 14.5. The molecule has 1 aromatic heterocycles. The van der Waals surface area contributed by atoms with E-state index in [1.165, 1.54) is 30.1 Å². The van der Waals surface area contributed by atoms with Crippen molar-refractivity contribution < 1.29 is 13.9 Å². The van der Waals surface area contributed by atoms with Crippen molar-refractivity contribution >= 4 is 28.5 Å². The number of amidine groups is 1. The predicted molar refractivity (Wildman–Crippen MR) is 114 cm³/mol. The summed E-state index contributed by atoms with van der Waals surface area (Å²) < 4.78 is 20.0. The Hall–Kier alpha value is -2.65. The van der Waals surface area contributed by atoms with Gasteiger partial charge in [-0.2, -0.15) is 0 Å². The van der Waals surface area contributed by atoms with Gasteiger partial charge in [-0.15, -0.1) is 0 Å². The van der Waals surface area contributed by atoms with Gasteiger partial charge in [-0.1, -0.05) is 11.8 Å². The van der Waals surface area contributed by atoms with Gasteiger partial charge in [0.1, 0.15) is 23.9 Å². The summed E-state index contributed by atoms with van der Waals surface area (Å²) >= 11 is 1.45. The zero-order chi connectivity index (χ0) is 20.9. The van der Waals surface area contributed by atoms with Crippen LogP contribution in [0.15, 0.2) is 41.5 Å². The van der Waals surface area contributed by atoms with Crippen LogP contribution < -0.4 is 21.1 Å². The Balaban J connectivity index is 1.73. The smallest absolute Gasteiger partial charge is 0.274 e. The number of hydrogen-bond donors (Lipinski definition) is 3. The maximum Gasteiger partial charge on any atom is 0.274 e. The second-order valence-electron chi connectivity index (χ2n) is 6.80. The Morgan fingerprint density at radius 2 is 2.21 bits per heavy atom. The highest BCUT2D eigenvalue weighted by molar-refractivity contribution is 8.13. The van der Waals surface area contributed by atoms with Crippen molar-refractivity contribution in [3.8, 4) is 5.75 Å². The lowest BCUT2D eigenvalue weighted by Crippen LogP contribution is -2.29. The van der Waals surface area contributed by atoms with Crippen LogP contribution in [0.25, 0.3) is 0 Å². The number of likely N-dealkylation sites (N-methyl/N-ethyl adjacent to an activating group) is 1. The minimum absolute atomic E-state index is 0.236. The van der Waals surface area contributed by atoms with Gasteiger partial charge in [0.2, 0.25) is 0 Å². The fourth-order valence-corrected chi connectivity index (χ4v) is 3.94. The summed E-state index contributed by atoms with van der Waals surface area (Å²) in [6, 6.07) is 7.72. The zero-order valence-electron chi connectivity index (χ0n) is 16.4. The lowest BCUT2D eigenvalue weighted by atomic mass is 9.89. The van der Waals surface area contributed by atoms with Crippen LogP contribution in [0.3, 0.4) is 0 Å².